The molecule has 0 heterocycles. The number of hydrogen-bond donors (Lipinski definition) is 1. The van der Waals surface area contributed by atoms with Crippen molar-refractivity contribution in [3.05, 3.63) is 28.8 Å². The van der Waals surface area contributed by atoms with Crippen molar-refractivity contribution in [1.82, 2.24) is 4.31 Å². The number of carboxylic acid groups (broad SMARTS) is 1. The number of aliphatic carboxylic acids is 1. The predicted octanol–water partition coefficient (Wildman–Crippen LogP) is 0.832. The van der Waals surface area contributed by atoms with Gasteiger partial charge in [-0.1, -0.05) is 11.6 Å². The molecule has 1 aromatic rings. The number of carboxylic acids is 1. The van der Waals surface area contributed by atoms with E-state index in [1.165, 1.54) is 6.07 Å². The highest BCUT2D eigenvalue weighted by Gasteiger charge is 2.24. The van der Waals surface area contributed by atoms with Gasteiger partial charge in [-0.05, 0) is 18.2 Å². The van der Waals surface area contributed by atoms with E-state index in [0.717, 1.165) is 26.3 Å². The van der Waals surface area contributed by atoms with Crippen molar-refractivity contribution in [3.8, 4) is 0 Å². The maximum Gasteiger partial charge on any atom is 0.337 e. The first kappa shape index (κ1) is 16.4. The number of carbonyl (C=O) groups excluding carboxylic acids is 1. The maximum absolute atomic E-state index is 12.1. The fraction of sp³-hybridized carbons (Fsp3) is 0.273. The summed E-state index contributed by atoms with van der Waals surface area (Å²) in [6.45, 7) is -0.706. The van der Waals surface area contributed by atoms with E-state index in [1.54, 1.807) is 0 Å². The van der Waals surface area contributed by atoms with E-state index < -0.39 is 28.5 Å². The summed E-state index contributed by atoms with van der Waals surface area (Å²) in [4.78, 5) is 21.7. The third kappa shape index (κ3) is 3.69. The van der Waals surface area contributed by atoms with Gasteiger partial charge in [-0.15, -0.1) is 0 Å². The van der Waals surface area contributed by atoms with Crippen LogP contribution in [0.15, 0.2) is 23.1 Å². The number of carbonyl (C=O) groups is 2. The SMILES string of the molecule is COC(=O)c1cc(Cl)cc(S(=O)(=O)N(C)CC(=O)O)c1. The highest BCUT2D eigenvalue weighted by molar-refractivity contribution is 7.89. The summed E-state index contributed by atoms with van der Waals surface area (Å²) in [6.07, 6.45) is 0. The van der Waals surface area contributed by atoms with Crippen molar-refractivity contribution in [2.45, 2.75) is 4.90 Å². The van der Waals surface area contributed by atoms with E-state index in [9.17, 15) is 18.0 Å². The van der Waals surface area contributed by atoms with E-state index in [2.05, 4.69) is 4.74 Å². The molecule has 7 nitrogen and oxygen atoms in total. The molecule has 20 heavy (non-hydrogen) atoms. The molecule has 0 saturated heterocycles. The molecule has 0 atom stereocenters. The van der Waals surface area contributed by atoms with E-state index >= 15 is 0 Å². The lowest BCUT2D eigenvalue weighted by Gasteiger charge is -2.15. The van der Waals surface area contributed by atoms with Gasteiger partial charge in [-0.25, -0.2) is 13.2 Å². The molecule has 9 heteroatoms. The molecule has 0 aliphatic heterocycles. The Bertz CT molecular complexity index is 642. The van der Waals surface area contributed by atoms with Gasteiger partial charge in [0.25, 0.3) is 0 Å². The molecule has 0 spiro atoms. The Labute approximate surface area is 120 Å². The number of hydrogen-bond acceptors (Lipinski definition) is 5. The molecule has 0 saturated carbocycles. The van der Waals surface area contributed by atoms with Crippen LogP contribution >= 0.6 is 11.6 Å². The van der Waals surface area contributed by atoms with Crippen LogP contribution in [0.1, 0.15) is 10.4 Å². The van der Waals surface area contributed by atoms with Gasteiger partial charge in [0.1, 0.15) is 6.54 Å². The van der Waals surface area contributed by atoms with Crippen LogP contribution in [0.4, 0.5) is 0 Å². The third-order valence-electron chi connectivity index (χ3n) is 2.36. The number of ether oxygens (including phenoxy) is 1. The summed E-state index contributed by atoms with van der Waals surface area (Å²) in [5.41, 5.74) is -0.0395. The minimum Gasteiger partial charge on any atom is -0.480 e. The van der Waals surface area contributed by atoms with Gasteiger partial charge < -0.3 is 9.84 Å². The molecule has 0 bridgehead atoms. The summed E-state index contributed by atoms with van der Waals surface area (Å²) in [5.74, 6) is -2.05. The maximum atomic E-state index is 12.1. The van der Waals surface area contributed by atoms with Crippen molar-refractivity contribution in [2.75, 3.05) is 20.7 Å². The summed E-state index contributed by atoms with van der Waals surface area (Å²) in [5, 5.41) is 8.65. The van der Waals surface area contributed by atoms with Crippen LogP contribution in [-0.2, 0) is 19.6 Å². The predicted molar refractivity (Wildman–Crippen MR) is 70.2 cm³/mol. The van der Waals surface area contributed by atoms with Crippen molar-refractivity contribution < 1.29 is 27.9 Å². The number of halogens is 1. The zero-order valence-corrected chi connectivity index (χ0v) is 12.2. The lowest BCUT2D eigenvalue weighted by molar-refractivity contribution is -0.137. The molecular formula is C11H12ClNO6S. The van der Waals surface area contributed by atoms with E-state index in [0.29, 0.717) is 4.31 Å². The number of methoxy groups -OCH3 is 1. The summed E-state index contributed by atoms with van der Waals surface area (Å²) >= 11 is 5.76. The van der Waals surface area contributed by atoms with Crippen molar-refractivity contribution >= 4 is 33.6 Å². The first-order valence-electron chi connectivity index (χ1n) is 5.25. The average molecular weight is 322 g/mol. The Balaban J connectivity index is 3.28. The highest BCUT2D eigenvalue weighted by atomic mass is 35.5. The Morgan fingerprint density at radius 1 is 1.35 bits per heavy atom. The number of benzene rings is 1. The lowest BCUT2D eigenvalue weighted by atomic mass is 10.2. The van der Waals surface area contributed by atoms with Crippen molar-refractivity contribution in [2.24, 2.45) is 0 Å². The molecule has 0 aliphatic carbocycles. The van der Waals surface area contributed by atoms with Gasteiger partial charge in [-0.3, -0.25) is 4.79 Å². The molecular weight excluding hydrogens is 310 g/mol. The highest BCUT2D eigenvalue weighted by Crippen LogP contribution is 2.22. The number of nitrogens with zero attached hydrogens (tertiary/aromatic N) is 1. The molecule has 0 radical (unpaired) electrons. The average Bonchev–Trinajstić information content (AvgIpc) is 2.36. The lowest BCUT2D eigenvalue weighted by Crippen LogP contribution is -2.32. The Morgan fingerprint density at radius 2 is 1.95 bits per heavy atom. The molecule has 110 valence electrons. The second-order valence-corrected chi connectivity index (χ2v) is 6.30. The van der Waals surface area contributed by atoms with Gasteiger partial charge in [0.15, 0.2) is 0 Å². The molecule has 0 amide bonds. The van der Waals surface area contributed by atoms with Gasteiger partial charge in [0, 0.05) is 12.1 Å². The normalized spacial score (nSPS) is 11.4. The first-order chi connectivity index (χ1) is 9.18. The molecule has 1 N–H and O–H groups in total. The zero-order valence-electron chi connectivity index (χ0n) is 10.7. The van der Waals surface area contributed by atoms with Gasteiger partial charge in [0.05, 0.1) is 17.6 Å². The molecule has 1 aromatic carbocycles. The largest absolute Gasteiger partial charge is 0.480 e. The molecule has 1 rings (SSSR count). The molecule has 0 aliphatic rings. The minimum absolute atomic E-state index is 0.0233. The Kier molecular flexibility index (Phi) is 5.09. The molecule has 0 unspecified atom stereocenters. The van der Waals surface area contributed by atoms with Crippen LogP contribution < -0.4 is 0 Å². The second kappa shape index (κ2) is 6.21. The third-order valence-corrected chi connectivity index (χ3v) is 4.36. The summed E-state index contributed by atoms with van der Waals surface area (Å²) in [7, 11) is -1.80. The van der Waals surface area contributed by atoms with Crippen LogP contribution in [0.3, 0.4) is 0 Å². The number of sulfonamides is 1. The van der Waals surface area contributed by atoms with Crippen LogP contribution in [-0.4, -0.2) is 50.5 Å². The standard InChI is InChI=1S/C11H12ClNO6S/c1-13(6-10(14)15)20(17,18)9-4-7(11(16)19-2)3-8(12)5-9/h3-5H,6H2,1-2H3,(H,14,15). The molecule has 0 aromatic heterocycles. The van der Waals surface area contributed by atoms with E-state index in [-0.39, 0.29) is 15.5 Å². The monoisotopic (exact) mass is 321 g/mol. The van der Waals surface area contributed by atoms with Crippen LogP contribution in [0.25, 0.3) is 0 Å². The molecule has 0 fully saturated rings. The van der Waals surface area contributed by atoms with Crippen molar-refractivity contribution in [1.29, 1.82) is 0 Å². The van der Waals surface area contributed by atoms with Crippen LogP contribution in [0.5, 0.6) is 0 Å². The first-order valence-corrected chi connectivity index (χ1v) is 7.07. The second-order valence-electron chi connectivity index (χ2n) is 3.82. The van der Waals surface area contributed by atoms with Gasteiger partial charge in [-0.2, -0.15) is 4.31 Å². The Hall–Kier alpha value is -1.64. The van der Waals surface area contributed by atoms with Crippen LogP contribution in [0, 0.1) is 0 Å². The van der Waals surface area contributed by atoms with Crippen LogP contribution in [0.2, 0.25) is 5.02 Å². The topological polar surface area (TPSA) is 101 Å². The van der Waals surface area contributed by atoms with Crippen molar-refractivity contribution in [3.63, 3.8) is 0 Å². The number of likely N-dealkylation sites (N-methyl/N-ethyl adjacent to an activating group) is 1. The smallest absolute Gasteiger partial charge is 0.337 e. The van der Waals surface area contributed by atoms with Gasteiger partial charge >= 0.3 is 11.9 Å². The van der Waals surface area contributed by atoms with Gasteiger partial charge in [0.2, 0.25) is 10.0 Å². The Morgan fingerprint density at radius 3 is 2.45 bits per heavy atom. The fourth-order valence-corrected chi connectivity index (χ4v) is 2.89. The quantitative estimate of drug-likeness (QED) is 0.806. The summed E-state index contributed by atoms with van der Waals surface area (Å²) in [6, 6.07) is 3.46. The van der Waals surface area contributed by atoms with E-state index in [4.69, 9.17) is 16.7 Å². The fourth-order valence-electron chi connectivity index (χ4n) is 1.40. The minimum atomic E-state index is -4.06. The number of rotatable bonds is 5. The van der Waals surface area contributed by atoms with E-state index in [1.807, 2.05) is 0 Å². The summed E-state index contributed by atoms with van der Waals surface area (Å²) < 4.78 is 29.4. The zero-order chi connectivity index (χ0) is 15.5. The number of esters is 1.